The van der Waals surface area contributed by atoms with Gasteiger partial charge < -0.3 is 11.1 Å². The summed E-state index contributed by atoms with van der Waals surface area (Å²) in [6.45, 7) is 4.15. The molecule has 0 aliphatic heterocycles. The Morgan fingerprint density at radius 1 is 1.13 bits per heavy atom. The Morgan fingerprint density at radius 2 is 1.93 bits per heavy atom. The molecule has 1 aromatic heterocycles. The van der Waals surface area contributed by atoms with Crippen LogP contribution in [0.2, 0.25) is 0 Å². The van der Waals surface area contributed by atoms with Crippen LogP contribution in [0.4, 0.5) is 16.4 Å². The molecule has 0 saturated carbocycles. The van der Waals surface area contributed by atoms with Crippen LogP contribution in [0, 0.1) is 13.8 Å². The molecule has 1 heterocycles. The van der Waals surface area contributed by atoms with Crippen molar-refractivity contribution in [3.63, 3.8) is 0 Å². The molecule has 0 radical (unpaired) electrons. The number of rotatable bonds is 2. The molecule has 0 aliphatic rings. The van der Waals surface area contributed by atoms with Crippen LogP contribution < -0.4 is 11.1 Å². The molecule has 0 amide bonds. The summed E-state index contributed by atoms with van der Waals surface area (Å²) in [4.78, 5) is 0. The van der Waals surface area contributed by atoms with Gasteiger partial charge in [-0.2, -0.15) is 0 Å². The van der Waals surface area contributed by atoms with Crippen LogP contribution in [0.5, 0.6) is 0 Å². The van der Waals surface area contributed by atoms with Gasteiger partial charge in [0.2, 0.25) is 0 Å². The number of nitrogens with two attached hydrogens (primary N) is 1. The van der Waals surface area contributed by atoms with Gasteiger partial charge in [0.05, 0.1) is 16.4 Å². The van der Waals surface area contributed by atoms with Crippen LogP contribution in [0.15, 0.2) is 29.6 Å². The standard InChI is InChI=1S/C12H14N2S/c1-8-4-3-5-10(13)11(8)14-12-9(2)6-7-15-12/h3-7,14H,13H2,1-2H3. The van der Waals surface area contributed by atoms with Crippen molar-refractivity contribution >= 4 is 27.7 Å². The Bertz CT molecular complexity index is 454. The van der Waals surface area contributed by atoms with E-state index in [1.165, 1.54) is 11.1 Å². The molecular weight excluding hydrogens is 204 g/mol. The molecule has 2 aromatic rings. The number of nitrogen functional groups attached to an aromatic ring is 1. The lowest BCUT2D eigenvalue weighted by Crippen LogP contribution is -1.97. The number of anilines is 3. The molecule has 3 N–H and O–H groups in total. The summed E-state index contributed by atoms with van der Waals surface area (Å²) in [6, 6.07) is 8.04. The Morgan fingerprint density at radius 3 is 2.53 bits per heavy atom. The lowest BCUT2D eigenvalue weighted by Gasteiger charge is -2.11. The Kier molecular flexibility index (Phi) is 2.64. The van der Waals surface area contributed by atoms with E-state index in [1.54, 1.807) is 11.3 Å². The third-order valence-electron chi connectivity index (χ3n) is 2.41. The van der Waals surface area contributed by atoms with E-state index < -0.39 is 0 Å². The molecule has 0 unspecified atom stereocenters. The minimum absolute atomic E-state index is 0.794. The van der Waals surface area contributed by atoms with E-state index >= 15 is 0 Å². The predicted molar refractivity (Wildman–Crippen MR) is 67.9 cm³/mol. The van der Waals surface area contributed by atoms with Crippen LogP contribution >= 0.6 is 11.3 Å². The SMILES string of the molecule is Cc1ccsc1Nc1c(C)cccc1N. The van der Waals surface area contributed by atoms with Gasteiger partial charge in [-0.15, -0.1) is 11.3 Å². The molecular formula is C12H14N2S. The minimum Gasteiger partial charge on any atom is -0.397 e. The zero-order valence-corrected chi connectivity index (χ0v) is 9.69. The van der Waals surface area contributed by atoms with Gasteiger partial charge in [0.1, 0.15) is 0 Å². The Balaban J connectivity index is 2.36. The summed E-state index contributed by atoms with van der Waals surface area (Å²) in [7, 11) is 0. The fourth-order valence-corrected chi connectivity index (χ4v) is 2.30. The lowest BCUT2D eigenvalue weighted by atomic mass is 10.1. The zero-order chi connectivity index (χ0) is 10.8. The van der Waals surface area contributed by atoms with Crippen LogP contribution in [0.1, 0.15) is 11.1 Å². The molecule has 0 atom stereocenters. The Labute approximate surface area is 93.7 Å². The van der Waals surface area contributed by atoms with E-state index in [-0.39, 0.29) is 0 Å². The summed E-state index contributed by atoms with van der Waals surface area (Å²) in [5.74, 6) is 0. The minimum atomic E-state index is 0.794. The van der Waals surface area contributed by atoms with Crippen molar-refractivity contribution in [2.24, 2.45) is 0 Å². The third-order valence-corrected chi connectivity index (χ3v) is 3.34. The van der Waals surface area contributed by atoms with E-state index in [4.69, 9.17) is 5.73 Å². The van der Waals surface area contributed by atoms with Crippen LogP contribution in [0.3, 0.4) is 0 Å². The van der Waals surface area contributed by atoms with Crippen molar-refractivity contribution in [3.8, 4) is 0 Å². The third kappa shape index (κ3) is 1.97. The summed E-state index contributed by atoms with van der Waals surface area (Å²) < 4.78 is 0. The monoisotopic (exact) mass is 218 g/mol. The van der Waals surface area contributed by atoms with Gasteiger partial charge in [-0.05, 0) is 42.5 Å². The highest BCUT2D eigenvalue weighted by molar-refractivity contribution is 7.14. The first-order valence-electron chi connectivity index (χ1n) is 4.84. The molecule has 1 aromatic carbocycles. The number of benzene rings is 1. The van der Waals surface area contributed by atoms with Gasteiger partial charge in [0.15, 0.2) is 0 Å². The highest BCUT2D eigenvalue weighted by Crippen LogP contribution is 2.31. The Hall–Kier alpha value is -1.48. The van der Waals surface area contributed by atoms with Crippen molar-refractivity contribution in [2.75, 3.05) is 11.1 Å². The van der Waals surface area contributed by atoms with Gasteiger partial charge in [0, 0.05) is 0 Å². The molecule has 2 nitrogen and oxygen atoms in total. The maximum Gasteiger partial charge on any atom is 0.0956 e. The van der Waals surface area contributed by atoms with Crippen LogP contribution in [-0.2, 0) is 0 Å². The largest absolute Gasteiger partial charge is 0.397 e. The number of thiophene rings is 1. The van der Waals surface area contributed by atoms with E-state index in [0.29, 0.717) is 0 Å². The molecule has 15 heavy (non-hydrogen) atoms. The van der Waals surface area contributed by atoms with Crippen molar-refractivity contribution in [2.45, 2.75) is 13.8 Å². The molecule has 0 fully saturated rings. The average Bonchev–Trinajstić information content (AvgIpc) is 2.58. The van der Waals surface area contributed by atoms with Gasteiger partial charge in [0.25, 0.3) is 0 Å². The lowest BCUT2D eigenvalue weighted by molar-refractivity contribution is 1.43. The van der Waals surface area contributed by atoms with Crippen LogP contribution in [-0.4, -0.2) is 0 Å². The fraction of sp³-hybridized carbons (Fsp3) is 0.167. The van der Waals surface area contributed by atoms with Crippen LogP contribution in [0.25, 0.3) is 0 Å². The zero-order valence-electron chi connectivity index (χ0n) is 8.87. The second kappa shape index (κ2) is 3.95. The van der Waals surface area contributed by atoms with Crippen molar-refractivity contribution < 1.29 is 0 Å². The molecule has 0 aliphatic carbocycles. The summed E-state index contributed by atoms with van der Waals surface area (Å²) in [5, 5.41) is 6.62. The first kappa shape index (κ1) is 10.1. The summed E-state index contributed by atoms with van der Waals surface area (Å²) in [6.07, 6.45) is 0. The normalized spacial score (nSPS) is 10.3. The summed E-state index contributed by atoms with van der Waals surface area (Å²) in [5.41, 5.74) is 10.2. The van der Waals surface area contributed by atoms with Crippen molar-refractivity contribution in [1.29, 1.82) is 0 Å². The number of nitrogens with one attached hydrogen (secondary N) is 1. The molecule has 3 heteroatoms. The number of hydrogen-bond donors (Lipinski definition) is 2. The predicted octanol–water partition coefficient (Wildman–Crippen LogP) is 3.69. The number of hydrogen-bond acceptors (Lipinski definition) is 3. The smallest absolute Gasteiger partial charge is 0.0956 e. The van der Waals surface area contributed by atoms with E-state index in [0.717, 1.165) is 16.4 Å². The quantitative estimate of drug-likeness (QED) is 0.754. The molecule has 78 valence electrons. The highest BCUT2D eigenvalue weighted by atomic mass is 32.1. The van der Waals surface area contributed by atoms with Crippen molar-refractivity contribution in [1.82, 2.24) is 0 Å². The molecule has 2 rings (SSSR count). The van der Waals surface area contributed by atoms with E-state index in [1.807, 2.05) is 12.1 Å². The van der Waals surface area contributed by atoms with E-state index in [9.17, 15) is 0 Å². The summed E-state index contributed by atoms with van der Waals surface area (Å²) >= 11 is 1.70. The maximum atomic E-state index is 5.93. The number of aryl methyl sites for hydroxylation is 2. The van der Waals surface area contributed by atoms with Gasteiger partial charge >= 0.3 is 0 Å². The fourth-order valence-electron chi connectivity index (χ4n) is 1.48. The first-order chi connectivity index (χ1) is 7.18. The first-order valence-corrected chi connectivity index (χ1v) is 5.72. The second-order valence-corrected chi connectivity index (χ2v) is 4.51. The van der Waals surface area contributed by atoms with Crippen molar-refractivity contribution in [3.05, 3.63) is 40.8 Å². The molecule has 0 bridgehead atoms. The van der Waals surface area contributed by atoms with Gasteiger partial charge in [-0.3, -0.25) is 0 Å². The van der Waals surface area contributed by atoms with Gasteiger partial charge in [-0.1, -0.05) is 12.1 Å². The number of para-hydroxylation sites is 1. The topological polar surface area (TPSA) is 38.0 Å². The molecule has 0 spiro atoms. The van der Waals surface area contributed by atoms with E-state index in [2.05, 4.69) is 36.7 Å². The maximum absolute atomic E-state index is 5.93. The molecule has 0 saturated heterocycles. The highest BCUT2D eigenvalue weighted by Gasteiger charge is 2.05. The average molecular weight is 218 g/mol. The van der Waals surface area contributed by atoms with Gasteiger partial charge in [-0.25, -0.2) is 0 Å². The second-order valence-electron chi connectivity index (χ2n) is 3.60.